The predicted molar refractivity (Wildman–Crippen MR) is 50.9 cm³/mol. The molecule has 0 unspecified atom stereocenters. The Morgan fingerprint density at radius 1 is 1.54 bits per heavy atom. The molecule has 0 fully saturated rings. The van der Waals surface area contributed by atoms with Crippen molar-refractivity contribution in [1.82, 2.24) is 9.97 Å². The zero-order valence-electron chi connectivity index (χ0n) is 7.90. The van der Waals surface area contributed by atoms with Crippen LogP contribution in [0.4, 0.5) is 5.82 Å². The molecule has 1 heterocycles. The van der Waals surface area contributed by atoms with Gasteiger partial charge in [0.05, 0.1) is 7.11 Å². The zero-order chi connectivity index (χ0) is 9.68. The Morgan fingerprint density at radius 3 is 2.92 bits per heavy atom. The Balaban J connectivity index is 2.75. The van der Waals surface area contributed by atoms with Gasteiger partial charge in [-0.1, -0.05) is 0 Å². The Hall–Kier alpha value is -1.36. The quantitative estimate of drug-likeness (QED) is 0.703. The van der Waals surface area contributed by atoms with Gasteiger partial charge in [-0.25, -0.2) is 9.97 Å². The molecule has 2 N–H and O–H groups in total. The van der Waals surface area contributed by atoms with Gasteiger partial charge in [0.25, 0.3) is 0 Å². The summed E-state index contributed by atoms with van der Waals surface area (Å²) in [5, 5.41) is 0. The van der Waals surface area contributed by atoms with Crippen LogP contribution < -0.4 is 15.4 Å². The molecule has 0 aromatic carbocycles. The molecule has 0 bridgehead atoms. The van der Waals surface area contributed by atoms with Crippen LogP contribution in [0.3, 0.4) is 0 Å². The van der Waals surface area contributed by atoms with Crippen LogP contribution in [0.5, 0.6) is 5.88 Å². The summed E-state index contributed by atoms with van der Waals surface area (Å²) in [6.07, 6.45) is 1.47. The van der Waals surface area contributed by atoms with Crippen molar-refractivity contribution >= 4 is 5.82 Å². The highest BCUT2D eigenvalue weighted by molar-refractivity contribution is 5.39. The molecule has 1 rings (SSSR count). The van der Waals surface area contributed by atoms with Crippen LogP contribution in [0.1, 0.15) is 0 Å². The first kappa shape index (κ1) is 9.73. The maximum Gasteiger partial charge on any atom is 0.218 e. The van der Waals surface area contributed by atoms with E-state index < -0.39 is 0 Å². The molecule has 5 heteroatoms. The summed E-state index contributed by atoms with van der Waals surface area (Å²) in [6, 6.07) is 1.77. The van der Waals surface area contributed by atoms with Crippen molar-refractivity contribution in [3.05, 3.63) is 12.4 Å². The highest BCUT2D eigenvalue weighted by Gasteiger charge is 2.02. The highest BCUT2D eigenvalue weighted by atomic mass is 16.5. The molecule has 1 aromatic rings. The minimum Gasteiger partial charge on any atom is -0.481 e. The van der Waals surface area contributed by atoms with E-state index in [1.165, 1.54) is 6.33 Å². The molecule has 0 aliphatic heterocycles. The van der Waals surface area contributed by atoms with Gasteiger partial charge in [-0.15, -0.1) is 0 Å². The first-order valence-electron chi connectivity index (χ1n) is 4.05. The second kappa shape index (κ2) is 4.61. The number of ether oxygens (including phenoxy) is 1. The van der Waals surface area contributed by atoms with Crippen LogP contribution in [-0.4, -0.2) is 37.2 Å². The van der Waals surface area contributed by atoms with Gasteiger partial charge in [-0.2, -0.15) is 0 Å². The third-order valence-electron chi connectivity index (χ3n) is 1.69. The van der Waals surface area contributed by atoms with E-state index in [-0.39, 0.29) is 0 Å². The van der Waals surface area contributed by atoms with Crippen molar-refractivity contribution in [2.75, 3.05) is 32.1 Å². The minimum absolute atomic E-state index is 0.564. The van der Waals surface area contributed by atoms with Gasteiger partial charge in [0.1, 0.15) is 12.1 Å². The minimum atomic E-state index is 0.564. The molecule has 13 heavy (non-hydrogen) atoms. The Kier molecular flexibility index (Phi) is 3.45. The van der Waals surface area contributed by atoms with E-state index in [2.05, 4.69) is 9.97 Å². The van der Waals surface area contributed by atoms with E-state index in [4.69, 9.17) is 10.5 Å². The first-order valence-corrected chi connectivity index (χ1v) is 4.05. The molecule has 0 atom stereocenters. The van der Waals surface area contributed by atoms with Crippen LogP contribution >= 0.6 is 0 Å². The average Bonchev–Trinajstić information content (AvgIpc) is 2.18. The maximum atomic E-state index is 5.42. The smallest absolute Gasteiger partial charge is 0.218 e. The van der Waals surface area contributed by atoms with E-state index in [0.29, 0.717) is 12.4 Å². The summed E-state index contributed by atoms with van der Waals surface area (Å²) in [5.74, 6) is 1.38. The third-order valence-corrected chi connectivity index (χ3v) is 1.69. The number of nitrogens with zero attached hydrogens (tertiary/aromatic N) is 3. The lowest BCUT2D eigenvalue weighted by atomic mass is 10.5. The second-order valence-electron chi connectivity index (χ2n) is 2.63. The van der Waals surface area contributed by atoms with E-state index in [1.807, 2.05) is 11.9 Å². The number of hydrogen-bond acceptors (Lipinski definition) is 5. The van der Waals surface area contributed by atoms with Crippen molar-refractivity contribution in [2.24, 2.45) is 5.73 Å². The fourth-order valence-electron chi connectivity index (χ4n) is 0.958. The Bertz CT molecular complexity index is 266. The third kappa shape index (κ3) is 2.55. The van der Waals surface area contributed by atoms with Gasteiger partial charge in [0.15, 0.2) is 0 Å². The van der Waals surface area contributed by atoms with Crippen LogP contribution in [0, 0.1) is 0 Å². The zero-order valence-corrected chi connectivity index (χ0v) is 7.90. The lowest BCUT2D eigenvalue weighted by molar-refractivity contribution is 0.397. The van der Waals surface area contributed by atoms with Crippen LogP contribution in [-0.2, 0) is 0 Å². The monoisotopic (exact) mass is 182 g/mol. The molecule has 0 saturated carbocycles. The molecule has 1 aromatic heterocycles. The fraction of sp³-hybridized carbons (Fsp3) is 0.500. The van der Waals surface area contributed by atoms with Crippen molar-refractivity contribution in [3.8, 4) is 5.88 Å². The number of nitrogens with two attached hydrogens (primary N) is 1. The molecule has 0 aliphatic carbocycles. The van der Waals surface area contributed by atoms with Gasteiger partial charge in [0, 0.05) is 26.2 Å². The Morgan fingerprint density at radius 2 is 2.31 bits per heavy atom. The van der Waals surface area contributed by atoms with E-state index in [9.17, 15) is 0 Å². The predicted octanol–water partition coefficient (Wildman–Crippen LogP) is -0.120. The van der Waals surface area contributed by atoms with Crippen molar-refractivity contribution in [1.29, 1.82) is 0 Å². The lowest BCUT2D eigenvalue weighted by Gasteiger charge is -2.16. The van der Waals surface area contributed by atoms with Crippen LogP contribution in [0.15, 0.2) is 12.4 Å². The summed E-state index contributed by atoms with van der Waals surface area (Å²) in [6.45, 7) is 1.36. The van der Waals surface area contributed by atoms with Crippen molar-refractivity contribution in [3.63, 3.8) is 0 Å². The molecular weight excluding hydrogens is 168 g/mol. The Labute approximate surface area is 77.5 Å². The SMILES string of the molecule is COc1cc(N(C)CCN)ncn1. The van der Waals surface area contributed by atoms with Crippen LogP contribution in [0.25, 0.3) is 0 Å². The fourth-order valence-corrected chi connectivity index (χ4v) is 0.958. The van der Waals surface area contributed by atoms with Crippen molar-refractivity contribution < 1.29 is 4.74 Å². The largest absolute Gasteiger partial charge is 0.481 e. The standard InChI is InChI=1S/C8H14N4O/c1-12(4-3-9)7-5-8(13-2)11-6-10-7/h5-6H,3-4,9H2,1-2H3. The second-order valence-corrected chi connectivity index (χ2v) is 2.63. The summed E-state index contributed by atoms with van der Waals surface area (Å²) in [5.41, 5.74) is 5.42. The maximum absolute atomic E-state index is 5.42. The molecule has 0 radical (unpaired) electrons. The molecule has 0 spiro atoms. The summed E-state index contributed by atoms with van der Waals surface area (Å²) in [7, 11) is 3.50. The number of likely N-dealkylation sites (N-methyl/N-ethyl adjacent to an activating group) is 1. The summed E-state index contributed by atoms with van der Waals surface area (Å²) >= 11 is 0. The molecule has 72 valence electrons. The number of aromatic nitrogens is 2. The van der Waals surface area contributed by atoms with Gasteiger partial charge < -0.3 is 15.4 Å². The number of rotatable bonds is 4. The van der Waals surface area contributed by atoms with Gasteiger partial charge in [-0.05, 0) is 0 Å². The lowest BCUT2D eigenvalue weighted by Crippen LogP contribution is -2.25. The van der Waals surface area contributed by atoms with Gasteiger partial charge in [-0.3, -0.25) is 0 Å². The molecule has 0 aliphatic rings. The molecule has 0 saturated heterocycles. The van der Waals surface area contributed by atoms with E-state index in [1.54, 1.807) is 13.2 Å². The topological polar surface area (TPSA) is 64.3 Å². The number of methoxy groups -OCH3 is 1. The highest BCUT2D eigenvalue weighted by Crippen LogP contribution is 2.12. The van der Waals surface area contributed by atoms with E-state index >= 15 is 0 Å². The number of anilines is 1. The summed E-state index contributed by atoms with van der Waals surface area (Å²) in [4.78, 5) is 9.94. The van der Waals surface area contributed by atoms with E-state index in [0.717, 1.165) is 12.4 Å². The molecule has 5 nitrogen and oxygen atoms in total. The van der Waals surface area contributed by atoms with Crippen LogP contribution in [0.2, 0.25) is 0 Å². The van der Waals surface area contributed by atoms with Gasteiger partial charge >= 0.3 is 0 Å². The normalized spacial score (nSPS) is 9.77. The molecular formula is C8H14N4O. The summed E-state index contributed by atoms with van der Waals surface area (Å²) < 4.78 is 4.97. The van der Waals surface area contributed by atoms with Gasteiger partial charge in [0.2, 0.25) is 5.88 Å². The number of hydrogen-bond donors (Lipinski definition) is 1. The average molecular weight is 182 g/mol. The van der Waals surface area contributed by atoms with Crippen molar-refractivity contribution in [2.45, 2.75) is 0 Å². The molecule has 0 amide bonds. The first-order chi connectivity index (χ1) is 6.27.